The molecule has 28 heavy (non-hydrogen) atoms. The molecule has 4 rings (SSSR count). The summed E-state index contributed by atoms with van der Waals surface area (Å²) in [5, 5.41) is 0. The molecule has 3 aromatic rings. The van der Waals surface area contributed by atoms with Crippen LogP contribution in [0.5, 0.6) is 5.75 Å². The Labute approximate surface area is 166 Å². The Morgan fingerprint density at radius 2 is 1.46 bits per heavy atom. The van der Waals surface area contributed by atoms with Gasteiger partial charge in [0.1, 0.15) is 17.1 Å². The van der Waals surface area contributed by atoms with Crippen molar-refractivity contribution in [2.24, 2.45) is 0 Å². The number of ether oxygens (including phenoxy) is 1. The molecule has 0 spiro atoms. The minimum Gasteiger partial charge on any atom is -0.489 e. The highest BCUT2D eigenvalue weighted by Crippen LogP contribution is 2.48. The van der Waals surface area contributed by atoms with Crippen LogP contribution < -0.4 is 4.74 Å². The lowest BCUT2D eigenvalue weighted by Gasteiger charge is -2.34. The van der Waals surface area contributed by atoms with E-state index in [9.17, 15) is 8.42 Å². The zero-order valence-electron chi connectivity index (χ0n) is 15.5. The van der Waals surface area contributed by atoms with E-state index < -0.39 is 14.6 Å². The monoisotopic (exact) mass is 390 g/mol. The van der Waals surface area contributed by atoms with Crippen LogP contribution in [0, 0.1) is 0 Å². The van der Waals surface area contributed by atoms with Gasteiger partial charge in [0.2, 0.25) is 0 Å². The molecule has 1 heterocycles. The van der Waals surface area contributed by atoms with Gasteiger partial charge in [-0.2, -0.15) is 0 Å². The molecule has 1 aliphatic rings. The number of sulfone groups is 1. The fourth-order valence-corrected chi connectivity index (χ4v) is 6.12. The third-order valence-corrected chi connectivity index (χ3v) is 7.68. The van der Waals surface area contributed by atoms with Crippen molar-refractivity contribution in [3.63, 3.8) is 0 Å². The van der Waals surface area contributed by atoms with Gasteiger partial charge in [0.05, 0.1) is 4.90 Å². The second-order valence-electron chi connectivity index (χ2n) is 7.18. The quantitative estimate of drug-likeness (QED) is 0.593. The van der Waals surface area contributed by atoms with Gasteiger partial charge in [-0.25, -0.2) is 8.42 Å². The maximum absolute atomic E-state index is 14.1. The lowest BCUT2D eigenvalue weighted by molar-refractivity contribution is 0.354. The Morgan fingerprint density at radius 3 is 2.18 bits per heavy atom. The van der Waals surface area contributed by atoms with Crippen LogP contribution in [0.2, 0.25) is 0 Å². The Balaban J connectivity index is 2.01. The molecule has 0 aliphatic carbocycles. The molecule has 142 valence electrons. The zero-order valence-corrected chi connectivity index (χ0v) is 16.4. The smallest absolute Gasteiger partial charge is 0.189 e. The SMILES string of the molecule is C=C1COc2ccccc2C(Cc2ccccc2)(S(=O)(=O)c2ccccc2)C1. The molecule has 0 saturated carbocycles. The minimum absolute atomic E-state index is 0.315. The highest BCUT2D eigenvalue weighted by Gasteiger charge is 2.49. The number of para-hydroxylation sites is 1. The van der Waals surface area contributed by atoms with Gasteiger partial charge in [0, 0.05) is 5.56 Å². The molecular weight excluding hydrogens is 368 g/mol. The van der Waals surface area contributed by atoms with E-state index in [1.54, 1.807) is 24.3 Å². The third-order valence-electron chi connectivity index (χ3n) is 5.25. The van der Waals surface area contributed by atoms with Crippen LogP contribution >= 0.6 is 0 Å². The van der Waals surface area contributed by atoms with Crippen LogP contribution in [0.4, 0.5) is 0 Å². The van der Waals surface area contributed by atoms with E-state index in [1.165, 1.54) is 0 Å². The summed E-state index contributed by atoms with van der Waals surface area (Å²) < 4.78 is 32.9. The van der Waals surface area contributed by atoms with E-state index in [4.69, 9.17) is 4.74 Å². The van der Waals surface area contributed by atoms with E-state index >= 15 is 0 Å². The Morgan fingerprint density at radius 1 is 0.857 bits per heavy atom. The van der Waals surface area contributed by atoms with Crippen LogP contribution in [0.25, 0.3) is 0 Å². The molecule has 1 aliphatic heterocycles. The van der Waals surface area contributed by atoms with Crippen molar-refractivity contribution in [3.8, 4) is 5.75 Å². The molecule has 0 radical (unpaired) electrons. The lowest BCUT2D eigenvalue weighted by atomic mass is 9.86. The third kappa shape index (κ3) is 3.14. The van der Waals surface area contributed by atoms with Crippen LogP contribution in [0.3, 0.4) is 0 Å². The van der Waals surface area contributed by atoms with Crippen molar-refractivity contribution >= 4 is 9.84 Å². The second-order valence-corrected chi connectivity index (χ2v) is 9.44. The number of hydrogen-bond donors (Lipinski definition) is 0. The number of rotatable bonds is 4. The van der Waals surface area contributed by atoms with Gasteiger partial charge in [0.15, 0.2) is 9.84 Å². The van der Waals surface area contributed by atoms with E-state index in [2.05, 4.69) is 6.58 Å². The predicted octanol–water partition coefficient (Wildman–Crippen LogP) is 4.94. The molecule has 3 aromatic carbocycles. The fraction of sp³-hybridized carbons (Fsp3) is 0.167. The molecule has 4 heteroatoms. The molecule has 0 aromatic heterocycles. The Kier molecular flexibility index (Phi) is 4.82. The Hall–Kier alpha value is -2.85. The van der Waals surface area contributed by atoms with Gasteiger partial charge < -0.3 is 4.74 Å². The number of benzene rings is 3. The van der Waals surface area contributed by atoms with Gasteiger partial charge in [-0.15, -0.1) is 0 Å². The van der Waals surface area contributed by atoms with Crippen molar-refractivity contribution in [3.05, 3.63) is 108 Å². The molecule has 0 fully saturated rings. The zero-order chi connectivity index (χ0) is 19.6. The molecule has 1 unspecified atom stereocenters. The largest absolute Gasteiger partial charge is 0.489 e. The molecule has 0 amide bonds. The standard InChI is InChI=1S/C24H22O3S/c1-19-16-24(17-20-10-4-2-5-11-20,22-14-8-9-15-23(22)27-18-19)28(25,26)21-12-6-3-7-13-21/h2-15H,1,16-18H2. The van der Waals surface area contributed by atoms with E-state index in [1.807, 2.05) is 60.7 Å². The van der Waals surface area contributed by atoms with Gasteiger partial charge in [-0.1, -0.05) is 73.3 Å². The van der Waals surface area contributed by atoms with E-state index in [0.717, 1.165) is 11.1 Å². The molecule has 0 bridgehead atoms. The van der Waals surface area contributed by atoms with Crippen LogP contribution in [-0.4, -0.2) is 15.0 Å². The van der Waals surface area contributed by atoms with Gasteiger partial charge >= 0.3 is 0 Å². The molecular formula is C24H22O3S. The average Bonchev–Trinajstić information content (AvgIpc) is 2.87. The van der Waals surface area contributed by atoms with E-state index in [0.29, 0.717) is 35.7 Å². The second kappa shape index (κ2) is 7.28. The van der Waals surface area contributed by atoms with Gasteiger partial charge in [-0.3, -0.25) is 0 Å². The van der Waals surface area contributed by atoms with Crippen LogP contribution in [0.15, 0.2) is 102 Å². The highest BCUT2D eigenvalue weighted by atomic mass is 32.2. The first-order valence-electron chi connectivity index (χ1n) is 9.25. The fourth-order valence-electron chi connectivity index (χ4n) is 3.94. The van der Waals surface area contributed by atoms with E-state index in [-0.39, 0.29) is 0 Å². The first-order chi connectivity index (χ1) is 13.5. The highest BCUT2D eigenvalue weighted by molar-refractivity contribution is 7.92. The first kappa shape index (κ1) is 18.5. The van der Waals surface area contributed by atoms with Crippen molar-refractivity contribution < 1.29 is 13.2 Å². The number of fused-ring (bicyclic) bond motifs is 1. The summed E-state index contributed by atoms with van der Waals surface area (Å²) in [6, 6.07) is 25.9. The maximum atomic E-state index is 14.1. The summed E-state index contributed by atoms with van der Waals surface area (Å²) in [6.45, 7) is 4.43. The molecule has 0 N–H and O–H groups in total. The predicted molar refractivity (Wildman–Crippen MR) is 111 cm³/mol. The summed E-state index contributed by atoms with van der Waals surface area (Å²) in [5.41, 5.74) is 2.43. The van der Waals surface area contributed by atoms with Crippen molar-refractivity contribution in [1.82, 2.24) is 0 Å². The van der Waals surface area contributed by atoms with Crippen molar-refractivity contribution in [2.45, 2.75) is 22.5 Å². The van der Waals surface area contributed by atoms with Gasteiger partial charge in [-0.05, 0) is 42.2 Å². The maximum Gasteiger partial charge on any atom is 0.189 e. The first-order valence-corrected chi connectivity index (χ1v) is 10.7. The molecule has 1 atom stereocenters. The number of hydrogen-bond acceptors (Lipinski definition) is 3. The molecule has 3 nitrogen and oxygen atoms in total. The van der Waals surface area contributed by atoms with Crippen LogP contribution in [-0.2, 0) is 21.0 Å². The molecule has 0 saturated heterocycles. The Bertz CT molecular complexity index is 1090. The summed E-state index contributed by atoms with van der Waals surface area (Å²) in [6.07, 6.45) is 0.667. The average molecular weight is 391 g/mol. The lowest BCUT2D eigenvalue weighted by Crippen LogP contribution is -2.38. The normalized spacial score (nSPS) is 19.4. The van der Waals surface area contributed by atoms with Crippen molar-refractivity contribution in [2.75, 3.05) is 6.61 Å². The summed E-state index contributed by atoms with van der Waals surface area (Å²) >= 11 is 0. The minimum atomic E-state index is -3.73. The van der Waals surface area contributed by atoms with Gasteiger partial charge in [0.25, 0.3) is 0 Å². The summed E-state index contributed by atoms with van der Waals surface area (Å²) in [7, 11) is -3.73. The van der Waals surface area contributed by atoms with Crippen molar-refractivity contribution in [1.29, 1.82) is 0 Å². The summed E-state index contributed by atoms with van der Waals surface area (Å²) in [4.78, 5) is 0.315. The van der Waals surface area contributed by atoms with Crippen LogP contribution in [0.1, 0.15) is 17.5 Å². The summed E-state index contributed by atoms with van der Waals surface area (Å²) in [5.74, 6) is 0.608. The topological polar surface area (TPSA) is 43.4 Å².